The Morgan fingerprint density at radius 1 is 1.50 bits per heavy atom. The Bertz CT molecular complexity index is 625. The van der Waals surface area contributed by atoms with Gasteiger partial charge in [-0.15, -0.1) is 11.3 Å². The first-order valence-electron chi connectivity index (χ1n) is 6.44. The number of nitrogens with one attached hydrogen (secondary N) is 1. The van der Waals surface area contributed by atoms with E-state index < -0.39 is 0 Å². The van der Waals surface area contributed by atoms with E-state index in [0.29, 0.717) is 10.8 Å². The Kier molecular flexibility index (Phi) is 4.34. The molecule has 108 valence electrons. The standard InChI is InChI=1S/C14H18BrN3OS/c1-5-18-7-9(15)6-10(18)12(19)17-13-16-11(8-20-13)14(2,3)4/h6-8H,5H2,1-4H3,(H,16,17,19). The second-order valence-electron chi connectivity index (χ2n) is 5.57. The summed E-state index contributed by atoms with van der Waals surface area (Å²) >= 11 is 4.85. The minimum absolute atomic E-state index is 0.00780. The molecule has 1 N–H and O–H groups in total. The molecular weight excluding hydrogens is 338 g/mol. The van der Waals surface area contributed by atoms with E-state index in [0.717, 1.165) is 16.7 Å². The number of rotatable bonds is 3. The molecule has 0 bridgehead atoms. The van der Waals surface area contributed by atoms with Gasteiger partial charge in [-0.05, 0) is 28.9 Å². The average molecular weight is 356 g/mol. The number of hydrogen-bond donors (Lipinski definition) is 1. The van der Waals surface area contributed by atoms with Gasteiger partial charge in [-0.3, -0.25) is 10.1 Å². The normalized spacial score (nSPS) is 11.7. The first kappa shape index (κ1) is 15.3. The number of nitrogens with zero attached hydrogens (tertiary/aromatic N) is 2. The predicted octanol–water partition coefficient (Wildman–Crippen LogP) is 4.28. The van der Waals surface area contributed by atoms with Crippen LogP contribution in [0.15, 0.2) is 22.1 Å². The Hall–Kier alpha value is -1.14. The fourth-order valence-electron chi connectivity index (χ4n) is 1.76. The minimum atomic E-state index is -0.132. The molecule has 4 nitrogen and oxygen atoms in total. The van der Waals surface area contributed by atoms with Crippen molar-refractivity contribution in [3.05, 3.63) is 33.5 Å². The summed E-state index contributed by atoms with van der Waals surface area (Å²) in [5, 5.41) is 5.49. The zero-order valence-electron chi connectivity index (χ0n) is 12.0. The van der Waals surface area contributed by atoms with Gasteiger partial charge in [-0.2, -0.15) is 0 Å². The van der Waals surface area contributed by atoms with Crippen LogP contribution >= 0.6 is 27.3 Å². The maximum atomic E-state index is 12.3. The molecule has 0 aliphatic rings. The van der Waals surface area contributed by atoms with Gasteiger partial charge in [0.1, 0.15) is 5.69 Å². The molecule has 2 aromatic heterocycles. The van der Waals surface area contributed by atoms with E-state index >= 15 is 0 Å². The SMILES string of the molecule is CCn1cc(Br)cc1C(=O)Nc1nc(C(C)(C)C)cs1. The van der Waals surface area contributed by atoms with Gasteiger partial charge >= 0.3 is 0 Å². The summed E-state index contributed by atoms with van der Waals surface area (Å²) in [5.74, 6) is -0.132. The number of carbonyl (C=O) groups is 1. The van der Waals surface area contributed by atoms with Gasteiger partial charge < -0.3 is 4.57 Å². The first-order valence-corrected chi connectivity index (χ1v) is 8.11. The lowest BCUT2D eigenvalue weighted by Crippen LogP contribution is -2.17. The molecule has 0 aliphatic carbocycles. The van der Waals surface area contributed by atoms with Crippen molar-refractivity contribution in [2.75, 3.05) is 5.32 Å². The third-order valence-electron chi connectivity index (χ3n) is 2.93. The number of aromatic nitrogens is 2. The van der Waals surface area contributed by atoms with Crippen molar-refractivity contribution in [3.8, 4) is 0 Å². The summed E-state index contributed by atoms with van der Waals surface area (Å²) in [5.41, 5.74) is 1.61. The summed E-state index contributed by atoms with van der Waals surface area (Å²) in [6.45, 7) is 9.07. The first-order chi connectivity index (χ1) is 9.31. The van der Waals surface area contributed by atoms with E-state index in [2.05, 4.69) is 47.0 Å². The molecule has 0 saturated carbocycles. The topological polar surface area (TPSA) is 46.9 Å². The van der Waals surface area contributed by atoms with Crippen LogP contribution in [-0.4, -0.2) is 15.5 Å². The summed E-state index contributed by atoms with van der Waals surface area (Å²) < 4.78 is 2.80. The van der Waals surface area contributed by atoms with E-state index in [1.54, 1.807) is 0 Å². The molecule has 0 aliphatic heterocycles. The van der Waals surface area contributed by atoms with E-state index in [-0.39, 0.29) is 11.3 Å². The molecule has 20 heavy (non-hydrogen) atoms. The van der Waals surface area contributed by atoms with E-state index in [1.165, 1.54) is 11.3 Å². The summed E-state index contributed by atoms with van der Waals surface area (Å²) in [7, 11) is 0. The molecule has 2 aromatic rings. The highest BCUT2D eigenvalue weighted by Gasteiger charge is 2.19. The number of amides is 1. The molecule has 0 radical (unpaired) electrons. The molecule has 0 fully saturated rings. The van der Waals surface area contributed by atoms with Gasteiger partial charge in [-0.1, -0.05) is 20.8 Å². The van der Waals surface area contributed by atoms with Crippen LogP contribution in [0.2, 0.25) is 0 Å². The van der Waals surface area contributed by atoms with Crippen molar-refractivity contribution < 1.29 is 4.79 Å². The number of halogens is 1. The number of thiazole rings is 1. The van der Waals surface area contributed by atoms with Gasteiger partial charge in [0.25, 0.3) is 5.91 Å². The molecule has 6 heteroatoms. The lowest BCUT2D eigenvalue weighted by atomic mass is 9.93. The number of hydrogen-bond acceptors (Lipinski definition) is 3. The van der Waals surface area contributed by atoms with Gasteiger partial charge in [0.2, 0.25) is 0 Å². The van der Waals surface area contributed by atoms with Crippen molar-refractivity contribution in [3.63, 3.8) is 0 Å². The van der Waals surface area contributed by atoms with Crippen LogP contribution in [0.4, 0.5) is 5.13 Å². The van der Waals surface area contributed by atoms with E-state index in [1.807, 2.05) is 29.1 Å². The minimum Gasteiger partial charge on any atom is -0.343 e. The molecule has 0 spiro atoms. The second kappa shape index (κ2) is 5.69. The smallest absolute Gasteiger partial charge is 0.274 e. The van der Waals surface area contributed by atoms with E-state index in [4.69, 9.17) is 0 Å². The fourth-order valence-corrected chi connectivity index (χ4v) is 3.16. The molecule has 2 heterocycles. The van der Waals surface area contributed by atoms with Crippen molar-refractivity contribution in [2.24, 2.45) is 0 Å². The third kappa shape index (κ3) is 3.30. The van der Waals surface area contributed by atoms with Crippen LogP contribution in [0, 0.1) is 0 Å². The predicted molar refractivity (Wildman–Crippen MR) is 86.6 cm³/mol. The van der Waals surface area contributed by atoms with Crippen LogP contribution in [0.1, 0.15) is 43.9 Å². The maximum Gasteiger partial charge on any atom is 0.274 e. The Labute approximate surface area is 131 Å². The Morgan fingerprint density at radius 2 is 2.20 bits per heavy atom. The largest absolute Gasteiger partial charge is 0.343 e. The lowest BCUT2D eigenvalue weighted by Gasteiger charge is -2.14. The maximum absolute atomic E-state index is 12.3. The highest BCUT2D eigenvalue weighted by Crippen LogP contribution is 2.26. The zero-order chi connectivity index (χ0) is 14.9. The molecular formula is C14H18BrN3OS. The van der Waals surface area contributed by atoms with Gasteiger partial charge in [0, 0.05) is 28.0 Å². The van der Waals surface area contributed by atoms with Crippen LogP contribution in [0.3, 0.4) is 0 Å². The molecule has 0 saturated heterocycles. The van der Waals surface area contributed by atoms with Gasteiger partial charge in [0.15, 0.2) is 5.13 Å². The van der Waals surface area contributed by atoms with Crippen molar-refractivity contribution in [1.29, 1.82) is 0 Å². The van der Waals surface area contributed by atoms with Gasteiger partial charge in [0.05, 0.1) is 5.69 Å². The van der Waals surface area contributed by atoms with E-state index in [9.17, 15) is 4.79 Å². The zero-order valence-corrected chi connectivity index (χ0v) is 14.4. The Balaban J connectivity index is 2.17. The molecule has 0 unspecified atom stereocenters. The number of carbonyl (C=O) groups excluding carboxylic acids is 1. The summed E-state index contributed by atoms with van der Waals surface area (Å²) in [4.78, 5) is 16.8. The van der Waals surface area contributed by atoms with Crippen LogP contribution in [0.5, 0.6) is 0 Å². The number of anilines is 1. The Morgan fingerprint density at radius 3 is 2.75 bits per heavy atom. The molecule has 2 rings (SSSR count). The number of aryl methyl sites for hydroxylation is 1. The van der Waals surface area contributed by atoms with Crippen molar-refractivity contribution >= 4 is 38.3 Å². The molecule has 0 atom stereocenters. The average Bonchev–Trinajstić information content (AvgIpc) is 2.94. The third-order valence-corrected chi connectivity index (χ3v) is 4.12. The molecule has 1 amide bonds. The van der Waals surface area contributed by atoms with Crippen molar-refractivity contribution in [2.45, 2.75) is 39.7 Å². The van der Waals surface area contributed by atoms with Crippen molar-refractivity contribution in [1.82, 2.24) is 9.55 Å². The van der Waals surface area contributed by atoms with Crippen LogP contribution < -0.4 is 5.32 Å². The summed E-state index contributed by atoms with van der Waals surface area (Å²) in [6.07, 6.45) is 1.90. The van der Waals surface area contributed by atoms with Crippen LogP contribution in [0.25, 0.3) is 0 Å². The highest BCUT2D eigenvalue weighted by atomic mass is 79.9. The molecule has 0 aromatic carbocycles. The van der Waals surface area contributed by atoms with Crippen LogP contribution in [-0.2, 0) is 12.0 Å². The fraction of sp³-hybridized carbons (Fsp3) is 0.429. The quantitative estimate of drug-likeness (QED) is 0.892. The monoisotopic (exact) mass is 355 g/mol. The highest BCUT2D eigenvalue weighted by molar-refractivity contribution is 9.10. The summed E-state index contributed by atoms with van der Waals surface area (Å²) in [6, 6.07) is 1.82. The lowest BCUT2D eigenvalue weighted by molar-refractivity contribution is 0.101. The second-order valence-corrected chi connectivity index (χ2v) is 7.35. The van der Waals surface area contributed by atoms with Gasteiger partial charge in [-0.25, -0.2) is 4.98 Å².